The summed E-state index contributed by atoms with van der Waals surface area (Å²) in [4.78, 5) is 10.7. The summed E-state index contributed by atoms with van der Waals surface area (Å²) in [5.41, 5.74) is 0. The molecule has 0 saturated carbocycles. The van der Waals surface area contributed by atoms with E-state index in [0.29, 0.717) is 5.92 Å². The van der Waals surface area contributed by atoms with Gasteiger partial charge in [-0.1, -0.05) is 0 Å². The summed E-state index contributed by atoms with van der Waals surface area (Å²) < 4.78 is 0. The van der Waals surface area contributed by atoms with Crippen molar-refractivity contribution in [3.05, 3.63) is 18.5 Å². The fraction of sp³-hybridized carbons (Fsp3) is 0.636. The maximum Gasteiger partial charge on any atom is 0.225 e. The van der Waals surface area contributed by atoms with Gasteiger partial charge in [0.2, 0.25) is 5.95 Å². The average molecular weight is 207 g/mol. The number of nitrogens with zero attached hydrogens (tertiary/aromatic N) is 3. The van der Waals surface area contributed by atoms with Gasteiger partial charge in [0.05, 0.1) is 0 Å². The summed E-state index contributed by atoms with van der Waals surface area (Å²) in [7, 11) is 0. The Morgan fingerprint density at radius 3 is 2.93 bits per heavy atom. The summed E-state index contributed by atoms with van der Waals surface area (Å²) in [5, 5.41) is 8.93. The molecule has 82 valence electrons. The van der Waals surface area contributed by atoms with E-state index in [1.54, 1.807) is 12.4 Å². The van der Waals surface area contributed by atoms with Crippen LogP contribution in [0.25, 0.3) is 0 Å². The Labute approximate surface area is 90.0 Å². The van der Waals surface area contributed by atoms with E-state index in [9.17, 15) is 0 Å². The summed E-state index contributed by atoms with van der Waals surface area (Å²) in [6.45, 7) is 2.30. The molecule has 1 aromatic heterocycles. The number of anilines is 1. The van der Waals surface area contributed by atoms with Gasteiger partial charge in [0.1, 0.15) is 0 Å². The Morgan fingerprint density at radius 1 is 1.40 bits per heavy atom. The van der Waals surface area contributed by atoms with Crippen molar-refractivity contribution < 1.29 is 5.11 Å². The van der Waals surface area contributed by atoms with Gasteiger partial charge in [-0.2, -0.15) is 0 Å². The molecule has 1 fully saturated rings. The summed E-state index contributed by atoms with van der Waals surface area (Å²) >= 11 is 0. The van der Waals surface area contributed by atoms with Crippen LogP contribution in [0, 0.1) is 5.92 Å². The number of hydrogen-bond acceptors (Lipinski definition) is 4. The fourth-order valence-electron chi connectivity index (χ4n) is 2.12. The third-order valence-corrected chi connectivity index (χ3v) is 2.89. The van der Waals surface area contributed by atoms with Gasteiger partial charge in [-0.05, 0) is 31.2 Å². The van der Waals surface area contributed by atoms with Gasteiger partial charge < -0.3 is 10.0 Å². The third kappa shape index (κ3) is 2.65. The molecule has 2 heterocycles. The van der Waals surface area contributed by atoms with Crippen molar-refractivity contribution in [1.82, 2.24) is 9.97 Å². The molecule has 15 heavy (non-hydrogen) atoms. The van der Waals surface area contributed by atoms with Crippen LogP contribution >= 0.6 is 0 Å². The number of aliphatic hydroxyl groups is 1. The topological polar surface area (TPSA) is 49.2 Å². The Kier molecular flexibility index (Phi) is 3.50. The lowest BCUT2D eigenvalue weighted by Crippen LogP contribution is -2.36. The second-order valence-corrected chi connectivity index (χ2v) is 4.02. The Hall–Kier alpha value is -1.16. The number of aliphatic hydroxyl groups excluding tert-OH is 1. The SMILES string of the molecule is OCCC1CCCN(c2ncccn2)C1. The summed E-state index contributed by atoms with van der Waals surface area (Å²) in [6, 6.07) is 1.83. The lowest BCUT2D eigenvalue weighted by molar-refractivity contribution is 0.244. The molecule has 0 aromatic carbocycles. The first-order valence-electron chi connectivity index (χ1n) is 5.53. The fourth-order valence-corrected chi connectivity index (χ4v) is 2.12. The molecule has 0 radical (unpaired) electrons. The maximum absolute atomic E-state index is 8.93. The number of hydrogen-bond donors (Lipinski definition) is 1. The van der Waals surface area contributed by atoms with Crippen molar-refractivity contribution in [3.8, 4) is 0 Å². The van der Waals surface area contributed by atoms with Gasteiger partial charge in [-0.15, -0.1) is 0 Å². The highest BCUT2D eigenvalue weighted by molar-refractivity contribution is 5.28. The Morgan fingerprint density at radius 2 is 2.20 bits per heavy atom. The first-order valence-corrected chi connectivity index (χ1v) is 5.53. The molecule has 1 aliphatic rings. The highest BCUT2D eigenvalue weighted by Gasteiger charge is 2.20. The van der Waals surface area contributed by atoms with E-state index < -0.39 is 0 Å². The molecule has 0 amide bonds. The standard InChI is InChI=1S/C11H17N3O/c15-8-4-10-3-1-7-14(9-10)11-12-5-2-6-13-11/h2,5-6,10,15H,1,3-4,7-9H2. The maximum atomic E-state index is 8.93. The summed E-state index contributed by atoms with van der Waals surface area (Å²) in [5.74, 6) is 1.41. The summed E-state index contributed by atoms with van der Waals surface area (Å²) in [6.07, 6.45) is 6.83. The number of aromatic nitrogens is 2. The minimum absolute atomic E-state index is 0.286. The predicted octanol–water partition coefficient (Wildman–Crippen LogP) is 1.08. The quantitative estimate of drug-likeness (QED) is 0.805. The number of piperidine rings is 1. The van der Waals surface area contributed by atoms with E-state index >= 15 is 0 Å². The lowest BCUT2D eigenvalue weighted by Gasteiger charge is -2.32. The van der Waals surface area contributed by atoms with Crippen LogP contribution in [0.4, 0.5) is 5.95 Å². The van der Waals surface area contributed by atoms with Crippen LogP contribution in [0.1, 0.15) is 19.3 Å². The molecule has 0 spiro atoms. The molecule has 1 aliphatic heterocycles. The molecule has 1 aromatic rings. The van der Waals surface area contributed by atoms with E-state index in [2.05, 4.69) is 14.9 Å². The van der Waals surface area contributed by atoms with E-state index in [4.69, 9.17) is 5.11 Å². The predicted molar refractivity (Wildman–Crippen MR) is 58.7 cm³/mol. The Balaban J connectivity index is 1.98. The third-order valence-electron chi connectivity index (χ3n) is 2.89. The highest BCUT2D eigenvalue weighted by Crippen LogP contribution is 2.21. The molecule has 1 saturated heterocycles. The van der Waals surface area contributed by atoms with E-state index in [0.717, 1.165) is 25.5 Å². The zero-order valence-electron chi connectivity index (χ0n) is 8.84. The molecular formula is C11H17N3O. The molecule has 0 aliphatic carbocycles. The van der Waals surface area contributed by atoms with Crippen molar-refractivity contribution in [2.75, 3.05) is 24.6 Å². The molecule has 1 N–H and O–H groups in total. The van der Waals surface area contributed by atoms with Gasteiger partial charge in [0, 0.05) is 32.1 Å². The van der Waals surface area contributed by atoms with Crippen LogP contribution in [-0.2, 0) is 0 Å². The van der Waals surface area contributed by atoms with Gasteiger partial charge in [0.25, 0.3) is 0 Å². The first kappa shape index (κ1) is 10.4. The number of rotatable bonds is 3. The monoisotopic (exact) mass is 207 g/mol. The van der Waals surface area contributed by atoms with E-state index in [1.807, 2.05) is 6.07 Å². The molecule has 2 rings (SSSR count). The van der Waals surface area contributed by atoms with Gasteiger partial charge in [-0.3, -0.25) is 0 Å². The molecule has 4 nitrogen and oxygen atoms in total. The average Bonchev–Trinajstić information content (AvgIpc) is 2.31. The molecule has 0 bridgehead atoms. The van der Waals surface area contributed by atoms with E-state index in [1.165, 1.54) is 12.8 Å². The van der Waals surface area contributed by atoms with Crippen LogP contribution in [0.2, 0.25) is 0 Å². The van der Waals surface area contributed by atoms with Crippen LogP contribution < -0.4 is 4.90 Å². The second kappa shape index (κ2) is 5.07. The van der Waals surface area contributed by atoms with Crippen LogP contribution in [0.15, 0.2) is 18.5 Å². The molecule has 4 heteroatoms. The minimum atomic E-state index is 0.286. The highest BCUT2D eigenvalue weighted by atomic mass is 16.3. The largest absolute Gasteiger partial charge is 0.396 e. The van der Waals surface area contributed by atoms with Crippen molar-refractivity contribution >= 4 is 5.95 Å². The molecular weight excluding hydrogens is 190 g/mol. The van der Waals surface area contributed by atoms with Gasteiger partial charge in [-0.25, -0.2) is 9.97 Å². The first-order chi connectivity index (χ1) is 7.40. The normalized spacial score (nSPS) is 21.7. The second-order valence-electron chi connectivity index (χ2n) is 4.02. The smallest absolute Gasteiger partial charge is 0.225 e. The molecule has 1 unspecified atom stereocenters. The van der Waals surface area contributed by atoms with Crippen molar-refractivity contribution in [2.45, 2.75) is 19.3 Å². The zero-order chi connectivity index (χ0) is 10.5. The lowest BCUT2D eigenvalue weighted by atomic mass is 9.95. The van der Waals surface area contributed by atoms with E-state index in [-0.39, 0.29) is 6.61 Å². The molecule has 1 atom stereocenters. The van der Waals surface area contributed by atoms with Crippen molar-refractivity contribution in [2.24, 2.45) is 5.92 Å². The van der Waals surface area contributed by atoms with Gasteiger partial charge >= 0.3 is 0 Å². The Bertz CT molecular complexity index is 289. The minimum Gasteiger partial charge on any atom is -0.396 e. The van der Waals surface area contributed by atoms with Crippen LogP contribution in [0.3, 0.4) is 0 Å². The van der Waals surface area contributed by atoms with Crippen molar-refractivity contribution in [3.63, 3.8) is 0 Å². The van der Waals surface area contributed by atoms with Gasteiger partial charge in [0.15, 0.2) is 0 Å². The van der Waals surface area contributed by atoms with Crippen molar-refractivity contribution in [1.29, 1.82) is 0 Å². The van der Waals surface area contributed by atoms with Crippen LogP contribution in [0.5, 0.6) is 0 Å². The van der Waals surface area contributed by atoms with Crippen LogP contribution in [-0.4, -0.2) is 34.8 Å². The zero-order valence-corrected chi connectivity index (χ0v) is 8.84.